The maximum atomic E-state index is 12.4. The summed E-state index contributed by atoms with van der Waals surface area (Å²) in [6.07, 6.45) is 0. The third kappa shape index (κ3) is 5.14. The Bertz CT molecular complexity index is 1040. The molecular weight excluding hydrogens is 394 g/mol. The number of hydrogen-bond donors (Lipinski definition) is 1. The van der Waals surface area contributed by atoms with Crippen LogP contribution >= 0.6 is 11.6 Å². The lowest BCUT2D eigenvalue weighted by molar-refractivity contribution is 0.0951. The number of methoxy groups -OCH3 is 2. The summed E-state index contributed by atoms with van der Waals surface area (Å²) in [5, 5.41) is 7.77. The van der Waals surface area contributed by atoms with Crippen LogP contribution in [0, 0.1) is 0 Å². The zero-order valence-corrected chi connectivity index (χ0v) is 16.8. The van der Waals surface area contributed by atoms with Gasteiger partial charge in [0.2, 0.25) is 0 Å². The number of ether oxygens (including phenoxy) is 2. The highest BCUT2D eigenvalue weighted by Gasteiger charge is 2.10. The number of amides is 1. The van der Waals surface area contributed by atoms with Gasteiger partial charge in [0.25, 0.3) is 11.5 Å². The predicted octanol–water partition coefficient (Wildman–Crippen LogP) is 3.01. The minimum Gasteiger partial charge on any atom is -0.497 e. The molecule has 0 saturated heterocycles. The van der Waals surface area contributed by atoms with E-state index in [0.717, 1.165) is 5.56 Å². The molecule has 0 bridgehead atoms. The molecular formula is C21H20ClN3O4. The van der Waals surface area contributed by atoms with E-state index < -0.39 is 0 Å². The first-order valence-electron chi connectivity index (χ1n) is 8.85. The predicted molar refractivity (Wildman–Crippen MR) is 111 cm³/mol. The molecule has 29 heavy (non-hydrogen) atoms. The quantitative estimate of drug-likeness (QED) is 0.643. The Kier molecular flexibility index (Phi) is 6.51. The van der Waals surface area contributed by atoms with E-state index in [-0.39, 0.29) is 24.6 Å². The molecule has 0 aliphatic heterocycles. The molecule has 0 atom stereocenters. The topological polar surface area (TPSA) is 82.4 Å². The summed E-state index contributed by atoms with van der Waals surface area (Å²) in [4.78, 5) is 24.5. The number of nitrogens with zero attached hydrogens (tertiary/aromatic N) is 2. The standard InChI is InChI=1S/C21H20ClN3O4/c1-28-17-11-15(12-18(13-17)29-2)21(27)23-9-10-25-20(26)8-7-19(24-25)14-3-5-16(22)6-4-14/h3-8,11-13H,9-10H2,1-2H3,(H,23,27). The third-order valence-corrected chi connectivity index (χ3v) is 4.48. The van der Waals surface area contributed by atoms with E-state index in [2.05, 4.69) is 10.4 Å². The molecule has 0 fully saturated rings. The molecule has 0 aliphatic carbocycles. The first-order valence-corrected chi connectivity index (χ1v) is 9.23. The normalized spacial score (nSPS) is 10.4. The first kappa shape index (κ1) is 20.4. The molecule has 0 saturated carbocycles. The van der Waals surface area contributed by atoms with E-state index in [1.54, 1.807) is 36.4 Å². The van der Waals surface area contributed by atoms with Gasteiger partial charge in [-0.25, -0.2) is 4.68 Å². The molecule has 1 heterocycles. The third-order valence-electron chi connectivity index (χ3n) is 4.23. The number of carbonyl (C=O) groups is 1. The number of benzene rings is 2. The molecule has 0 radical (unpaired) electrons. The highest BCUT2D eigenvalue weighted by atomic mass is 35.5. The molecule has 1 N–H and O–H groups in total. The highest BCUT2D eigenvalue weighted by molar-refractivity contribution is 6.30. The molecule has 150 valence electrons. The number of hydrogen-bond acceptors (Lipinski definition) is 5. The zero-order chi connectivity index (χ0) is 20.8. The first-order chi connectivity index (χ1) is 14.0. The van der Waals surface area contributed by atoms with Gasteiger partial charge in [0.1, 0.15) is 11.5 Å². The lowest BCUT2D eigenvalue weighted by Crippen LogP contribution is -2.32. The van der Waals surface area contributed by atoms with Crippen LogP contribution in [0.3, 0.4) is 0 Å². The Hall–Kier alpha value is -3.32. The Morgan fingerprint density at radius 3 is 2.31 bits per heavy atom. The van der Waals surface area contributed by atoms with E-state index in [0.29, 0.717) is 27.8 Å². The smallest absolute Gasteiger partial charge is 0.266 e. The summed E-state index contributed by atoms with van der Waals surface area (Å²) in [6, 6.07) is 15.2. The number of carbonyl (C=O) groups excluding carboxylic acids is 1. The average molecular weight is 414 g/mol. The maximum absolute atomic E-state index is 12.4. The largest absolute Gasteiger partial charge is 0.497 e. The lowest BCUT2D eigenvalue weighted by atomic mass is 10.1. The SMILES string of the molecule is COc1cc(OC)cc(C(=O)NCCn2nc(-c3ccc(Cl)cc3)ccc2=O)c1. The van der Waals surface area contributed by atoms with Gasteiger partial charge in [0.05, 0.1) is 26.5 Å². The maximum Gasteiger partial charge on any atom is 0.266 e. The monoisotopic (exact) mass is 413 g/mol. The Balaban J connectivity index is 1.69. The van der Waals surface area contributed by atoms with Gasteiger partial charge >= 0.3 is 0 Å². The van der Waals surface area contributed by atoms with Crippen molar-refractivity contribution in [3.63, 3.8) is 0 Å². The van der Waals surface area contributed by atoms with Gasteiger partial charge in [-0.05, 0) is 30.3 Å². The molecule has 2 aromatic carbocycles. The molecule has 3 aromatic rings. The molecule has 0 aliphatic rings. The van der Waals surface area contributed by atoms with Gasteiger partial charge in [-0.15, -0.1) is 0 Å². The van der Waals surface area contributed by atoms with Crippen molar-refractivity contribution in [2.75, 3.05) is 20.8 Å². The molecule has 3 rings (SSSR count). The van der Waals surface area contributed by atoms with Crippen LogP contribution in [0.25, 0.3) is 11.3 Å². The number of nitrogens with one attached hydrogen (secondary N) is 1. The van der Waals surface area contributed by atoms with Crippen LogP contribution < -0.4 is 20.3 Å². The number of aromatic nitrogens is 2. The fraction of sp³-hybridized carbons (Fsp3) is 0.190. The molecule has 0 spiro atoms. The van der Waals surface area contributed by atoms with Gasteiger partial charge in [-0.2, -0.15) is 5.10 Å². The van der Waals surface area contributed by atoms with Crippen LogP contribution in [0.15, 0.2) is 59.4 Å². The van der Waals surface area contributed by atoms with E-state index in [4.69, 9.17) is 21.1 Å². The highest BCUT2D eigenvalue weighted by Crippen LogP contribution is 2.22. The van der Waals surface area contributed by atoms with Crippen LogP contribution in [0.1, 0.15) is 10.4 Å². The van der Waals surface area contributed by atoms with Crippen LogP contribution in [-0.2, 0) is 6.54 Å². The van der Waals surface area contributed by atoms with E-state index >= 15 is 0 Å². The summed E-state index contributed by atoms with van der Waals surface area (Å²) in [7, 11) is 3.03. The van der Waals surface area contributed by atoms with Crippen LogP contribution in [0.5, 0.6) is 11.5 Å². The summed E-state index contributed by atoms with van der Waals surface area (Å²) in [5.74, 6) is 0.732. The van der Waals surface area contributed by atoms with Crippen LogP contribution in [-0.4, -0.2) is 36.5 Å². The summed E-state index contributed by atoms with van der Waals surface area (Å²) in [5.41, 5.74) is 1.64. The minimum atomic E-state index is -0.302. The van der Waals surface area contributed by atoms with Crippen molar-refractivity contribution in [2.24, 2.45) is 0 Å². The Morgan fingerprint density at radius 2 is 1.69 bits per heavy atom. The second kappa shape index (κ2) is 9.25. The summed E-state index contributed by atoms with van der Waals surface area (Å²) in [6.45, 7) is 0.461. The van der Waals surface area contributed by atoms with Gasteiger partial charge in [0.15, 0.2) is 0 Å². The van der Waals surface area contributed by atoms with Gasteiger partial charge in [0, 0.05) is 34.8 Å². The number of rotatable bonds is 7. The van der Waals surface area contributed by atoms with E-state index in [1.807, 2.05) is 12.1 Å². The molecule has 0 unspecified atom stereocenters. The van der Waals surface area contributed by atoms with Gasteiger partial charge in [-0.3, -0.25) is 9.59 Å². The van der Waals surface area contributed by atoms with E-state index in [1.165, 1.54) is 25.0 Å². The van der Waals surface area contributed by atoms with Gasteiger partial charge in [-0.1, -0.05) is 23.7 Å². The zero-order valence-electron chi connectivity index (χ0n) is 16.0. The van der Waals surface area contributed by atoms with Crippen molar-refractivity contribution in [3.8, 4) is 22.8 Å². The Morgan fingerprint density at radius 1 is 1.03 bits per heavy atom. The second-order valence-corrected chi connectivity index (χ2v) is 6.58. The minimum absolute atomic E-state index is 0.229. The fourth-order valence-corrected chi connectivity index (χ4v) is 2.83. The van der Waals surface area contributed by atoms with Crippen molar-refractivity contribution in [1.29, 1.82) is 0 Å². The van der Waals surface area contributed by atoms with Crippen molar-refractivity contribution in [3.05, 3.63) is 75.5 Å². The molecule has 8 heteroatoms. The average Bonchev–Trinajstić information content (AvgIpc) is 2.75. The van der Waals surface area contributed by atoms with Crippen molar-refractivity contribution in [2.45, 2.75) is 6.54 Å². The van der Waals surface area contributed by atoms with Crippen molar-refractivity contribution in [1.82, 2.24) is 15.1 Å². The number of halogens is 1. The second-order valence-electron chi connectivity index (χ2n) is 6.14. The summed E-state index contributed by atoms with van der Waals surface area (Å²) < 4.78 is 11.7. The molecule has 1 amide bonds. The van der Waals surface area contributed by atoms with E-state index in [9.17, 15) is 9.59 Å². The van der Waals surface area contributed by atoms with Crippen LogP contribution in [0.4, 0.5) is 0 Å². The molecule has 1 aromatic heterocycles. The van der Waals surface area contributed by atoms with Crippen molar-refractivity contribution < 1.29 is 14.3 Å². The van der Waals surface area contributed by atoms with Crippen molar-refractivity contribution >= 4 is 17.5 Å². The Labute approximate surface area is 172 Å². The lowest BCUT2D eigenvalue weighted by Gasteiger charge is -2.10. The fourth-order valence-electron chi connectivity index (χ4n) is 2.70. The summed E-state index contributed by atoms with van der Waals surface area (Å²) >= 11 is 5.91. The van der Waals surface area contributed by atoms with Crippen LogP contribution in [0.2, 0.25) is 5.02 Å². The molecule has 7 nitrogen and oxygen atoms in total. The van der Waals surface area contributed by atoms with Gasteiger partial charge < -0.3 is 14.8 Å².